The molecule has 0 atom stereocenters. The number of hydrogen-bond donors (Lipinski definition) is 2. The van der Waals surface area contributed by atoms with Crippen molar-refractivity contribution in [2.45, 2.75) is 13.8 Å². The average molecular weight is 189 g/mol. The van der Waals surface area contributed by atoms with E-state index in [-0.39, 0.29) is 5.56 Å². The Balaban J connectivity index is 3.45. The van der Waals surface area contributed by atoms with Crippen LogP contribution in [0.4, 0.5) is 5.69 Å². The van der Waals surface area contributed by atoms with E-state index >= 15 is 0 Å². The van der Waals surface area contributed by atoms with E-state index in [1.807, 2.05) is 6.07 Å². The molecule has 0 aliphatic heterocycles. The Morgan fingerprint density at radius 3 is 2.86 bits per heavy atom. The van der Waals surface area contributed by atoms with Crippen molar-refractivity contribution in [2.75, 3.05) is 5.73 Å². The molecule has 0 bridgehead atoms. The predicted molar refractivity (Wildman–Crippen MR) is 55.5 cm³/mol. The largest absolute Gasteiger partial charge is 0.398 e. The van der Waals surface area contributed by atoms with Crippen LogP contribution in [0, 0.1) is 18.3 Å². The smallest absolute Gasteiger partial charge is 0.257 e. The summed E-state index contributed by atoms with van der Waals surface area (Å²) in [7, 11) is 0. The molecule has 1 rings (SSSR count). The molecule has 14 heavy (non-hydrogen) atoms. The van der Waals surface area contributed by atoms with Gasteiger partial charge in [-0.25, -0.2) is 0 Å². The second-order valence-corrected chi connectivity index (χ2v) is 3.07. The van der Waals surface area contributed by atoms with Crippen molar-refractivity contribution in [2.24, 2.45) is 0 Å². The van der Waals surface area contributed by atoms with Gasteiger partial charge in [-0.05, 0) is 25.5 Å². The summed E-state index contributed by atoms with van der Waals surface area (Å²) in [5.74, 6) is 0. The van der Waals surface area contributed by atoms with Gasteiger partial charge in [0.1, 0.15) is 0 Å². The van der Waals surface area contributed by atoms with Crippen LogP contribution in [0.5, 0.6) is 0 Å². The monoisotopic (exact) mass is 189 g/mol. The van der Waals surface area contributed by atoms with Crippen LogP contribution in [0.1, 0.15) is 18.2 Å². The number of H-pyrrole nitrogens is 1. The molecule has 1 aromatic heterocycles. The molecule has 0 aliphatic rings. The van der Waals surface area contributed by atoms with Gasteiger partial charge in [0.05, 0.1) is 11.6 Å². The second kappa shape index (κ2) is 3.79. The van der Waals surface area contributed by atoms with Crippen LogP contribution in [0.25, 0.3) is 5.57 Å². The summed E-state index contributed by atoms with van der Waals surface area (Å²) in [4.78, 5) is 14.1. The Morgan fingerprint density at radius 2 is 2.36 bits per heavy atom. The topological polar surface area (TPSA) is 82.7 Å². The SMILES string of the molecule is C/C(=C/C#N)c1c(N)cc(C)[nH]c1=O. The van der Waals surface area contributed by atoms with Gasteiger partial charge in [0.2, 0.25) is 0 Å². The zero-order valence-corrected chi connectivity index (χ0v) is 8.09. The molecule has 0 saturated carbocycles. The highest BCUT2D eigenvalue weighted by Crippen LogP contribution is 2.16. The fourth-order valence-electron chi connectivity index (χ4n) is 1.29. The molecule has 0 amide bonds. The van der Waals surface area contributed by atoms with E-state index in [2.05, 4.69) is 4.98 Å². The minimum atomic E-state index is -0.258. The number of nitrogen functional groups attached to an aromatic ring is 1. The summed E-state index contributed by atoms with van der Waals surface area (Å²) < 4.78 is 0. The number of allylic oxidation sites excluding steroid dienone is 2. The first-order valence-corrected chi connectivity index (χ1v) is 4.12. The Bertz CT molecular complexity index is 477. The van der Waals surface area contributed by atoms with E-state index in [9.17, 15) is 4.79 Å². The van der Waals surface area contributed by atoms with Gasteiger partial charge in [0, 0.05) is 17.5 Å². The van der Waals surface area contributed by atoms with Gasteiger partial charge in [0.15, 0.2) is 0 Å². The van der Waals surface area contributed by atoms with Crippen LogP contribution in [0.2, 0.25) is 0 Å². The number of pyridine rings is 1. The molecular weight excluding hydrogens is 178 g/mol. The maximum Gasteiger partial charge on any atom is 0.257 e. The Kier molecular flexibility index (Phi) is 2.73. The summed E-state index contributed by atoms with van der Waals surface area (Å²) in [6.45, 7) is 3.43. The lowest BCUT2D eigenvalue weighted by atomic mass is 10.1. The molecule has 0 fully saturated rings. The third-order valence-corrected chi connectivity index (χ3v) is 1.87. The molecule has 0 aromatic carbocycles. The van der Waals surface area contributed by atoms with E-state index < -0.39 is 0 Å². The summed E-state index contributed by atoms with van der Waals surface area (Å²) in [5, 5.41) is 8.45. The van der Waals surface area contributed by atoms with Crippen LogP contribution >= 0.6 is 0 Å². The van der Waals surface area contributed by atoms with E-state index in [0.717, 1.165) is 0 Å². The third-order valence-electron chi connectivity index (χ3n) is 1.87. The highest BCUT2D eigenvalue weighted by molar-refractivity contribution is 5.74. The normalized spacial score (nSPS) is 11.1. The van der Waals surface area contributed by atoms with Crippen LogP contribution in [-0.4, -0.2) is 4.98 Å². The Morgan fingerprint density at radius 1 is 1.71 bits per heavy atom. The Hall–Kier alpha value is -2.02. The average Bonchev–Trinajstić information content (AvgIpc) is 2.01. The number of aryl methyl sites for hydroxylation is 1. The molecule has 0 radical (unpaired) electrons. The number of anilines is 1. The summed E-state index contributed by atoms with van der Waals surface area (Å²) in [5.41, 5.74) is 7.48. The highest BCUT2D eigenvalue weighted by atomic mass is 16.1. The zero-order valence-electron chi connectivity index (χ0n) is 8.09. The molecule has 1 heterocycles. The number of hydrogen-bond acceptors (Lipinski definition) is 3. The quantitative estimate of drug-likeness (QED) is 0.651. The van der Waals surface area contributed by atoms with Crippen molar-refractivity contribution in [1.29, 1.82) is 5.26 Å². The lowest BCUT2D eigenvalue weighted by molar-refractivity contribution is 1.13. The molecule has 0 aliphatic carbocycles. The first-order chi connectivity index (χ1) is 6.56. The maximum absolute atomic E-state index is 11.5. The third kappa shape index (κ3) is 1.83. The Labute approximate surface area is 81.7 Å². The van der Waals surface area contributed by atoms with Gasteiger partial charge in [-0.1, -0.05) is 0 Å². The van der Waals surface area contributed by atoms with Crippen molar-refractivity contribution in [3.63, 3.8) is 0 Å². The van der Waals surface area contributed by atoms with Crippen molar-refractivity contribution >= 4 is 11.3 Å². The summed E-state index contributed by atoms with van der Waals surface area (Å²) in [6.07, 6.45) is 1.30. The molecule has 0 saturated heterocycles. The molecule has 0 unspecified atom stereocenters. The second-order valence-electron chi connectivity index (χ2n) is 3.07. The molecule has 0 spiro atoms. The fraction of sp³-hybridized carbons (Fsp3) is 0.200. The number of aromatic amines is 1. The van der Waals surface area contributed by atoms with Crippen molar-refractivity contribution in [3.05, 3.63) is 33.8 Å². The number of nitrogens with two attached hydrogens (primary N) is 1. The lowest BCUT2D eigenvalue weighted by Crippen LogP contribution is -2.15. The van der Waals surface area contributed by atoms with Crippen LogP contribution < -0.4 is 11.3 Å². The first kappa shape index (κ1) is 10.1. The summed E-state index contributed by atoms with van der Waals surface area (Å²) in [6, 6.07) is 3.54. The van der Waals surface area contributed by atoms with Gasteiger partial charge in [-0.3, -0.25) is 4.79 Å². The number of rotatable bonds is 1. The van der Waals surface area contributed by atoms with Crippen LogP contribution in [0.15, 0.2) is 16.9 Å². The number of aromatic nitrogens is 1. The van der Waals surface area contributed by atoms with Gasteiger partial charge in [-0.15, -0.1) is 0 Å². The van der Waals surface area contributed by atoms with Crippen molar-refractivity contribution < 1.29 is 0 Å². The standard InChI is InChI=1S/C10H11N3O/c1-6(3-4-11)9-8(12)5-7(2)13-10(9)14/h3,5H,1-2H3,(H3,12,13,14)/b6-3-. The molecule has 4 nitrogen and oxygen atoms in total. The van der Waals surface area contributed by atoms with Gasteiger partial charge in [0.25, 0.3) is 5.56 Å². The fourth-order valence-corrected chi connectivity index (χ4v) is 1.29. The van der Waals surface area contributed by atoms with Gasteiger partial charge < -0.3 is 10.7 Å². The minimum absolute atomic E-state index is 0.258. The number of nitriles is 1. The van der Waals surface area contributed by atoms with E-state index in [1.165, 1.54) is 6.08 Å². The van der Waals surface area contributed by atoms with E-state index in [0.29, 0.717) is 22.5 Å². The van der Waals surface area contributed by atoms with E-state index in [1.54, 1.807) is 19.9 Å². The molecule has 1 aromatic rings. The van der Waals surface area contributed by atoms with Crippen molar-refractivity contribution in [1.82, 2.24) is 4.98 Å². The highest BCUT2D eigenvalue weighted by Gasteiger charge is 2.07. The van der Waals surface area contributed by atoms with Crippen LogP contribution in [-0.2, 0) is 0 Å². The molecular formula is C10H11N3O. The van der Waals surface area contributed by atoms with Gasteiger partial charge >= 0.3 is 0 Å². The first-order valence-electron chi connectivity index (χ1n) is 4.12. The molecule has 3 N–H and O–H groups in total. The van der Waals surface area contributed by atoms with Gasteiger partial charge in [-0.2, -0.15) is 5.26 Å². The molecule has 4 heteroatoms. The lowest BCUT2D eigenvalue weighted by Gasteiger charge is -2.04. The maximum atomic E-state index is 11.5. The van der Waals surface area contributed by atoms with Crippen LogP contribution in [0.3, 0.4) is 0 Å². The minimum Gasteiger partial charge on any atom is -0.398 e. The zero-order chi connectivity index (χ0) is 10.7. The number of nitrogens with zero attached hydrogens (tertiary/aromatic N) is 1. The van der Waals surface area contributed by atoms with Crippen molar-refractivity contribution in [3.8, 4) is 6.07 Å². The number of nitrogens with one attached hydrogen (secondary N) is 1. The summed E-state index contributed by atoms with van der Waals surface area (Å²) >= 11 is 0. The van der Waals surface area contributed by atoms with E-state index in [4.69, 9.17) is 11.0 Å². The predicted octanol–water partition coefficient (Wildman–Crippen LogP) is 1.19. The molecule has 72 valence electrons.